The molecular weight excluding hydrogens is 192 g/mol. The van der Waals surface area contributed by atoms with Gasteiger partial charge < -0.3 is 9.47 Å². The van der Waals surface area contributed by atoms with Crippen molar-refractivity contribution in [3.8, 4) is 0 Å². The van der Waals surface area contributed by atoms with Crippen molar-refractivity contribution in [3.63, 3.8) is 0 Å². The lowest BCUT2D eigenvalue weighted by Gasteiger charge is -2.05. The molecule has 15 heavy (non-hydrogen) atoms. The lowest BCUT2D eigenvalue weighted by atomic mass is 10.1. The molecule has 0 N–H and O–H groups in total. The summed E-state index contributed by atoms with van der Waals surface area (Å²) in [5, 5.41) is 0. The Balaban J connectivity index is 1.94. The maximum Gasteiger partial charge on any atom is 0.338 e. The van der Waals surface area contributed by atoms with E-state index in [0.717, 1.165) is 5.56 Å². The summed E-state index contributed by atoms with van der Waals surface area (Å²) in [6.45, 7) is 3.66. The van der Waals surface area contributed by atoms with Gasteiger partial charge >= 0.3 is 5.97 Å². The molecule has 1 aliphatic heterocycles. The molecule has 3 heteroatoms. The van der Waals surface area contributed by atoms with E-state index in [1.54, 1.807) is 0 Å². The summed E-state index contributed by atoms with van der Waals surface area (Å²) in [4.78, 5) is 11.5. The van der Waals surface area contributed by atoms with Crippen LogP contribution in [0.2, 0.25) is 0 Å². The molecule has 1 saturated heterocycles. The number of hydrogen-bond acceptors (Lipinski definition) is 3. The summed E-state index contributed by atoms with van der Waals surface area (Å²) in [5.41, 5.74) is 1.03. The number of benzene rings is 1. The monoisotopic (exact) mass is 206 g/mol. The highest BCUT2D eigenvalue weighted by atomic mass is 16.6. The van der Waals surface area contributed by atoms with Crippen molar-refractivity contribution < 1.29 is 14.3 Å². The van der Waals surface area contributed by atoms with Gasteiger partial charge in [-0.1, -0.05) is 30.3 Å². The van der Waals surface area contributed by atoms with Gasteiger partial charge in [-0.3, -0.25) is 0 Å². The molecule has 0 amide bonds. The Morgan fingerprint density at radius 1 is 1.33 bits per heavy atom. The third-order valence-corrected chi connectivity index (χ3v) is 2.20. The third-order valence-electron chi connectivity index (χ3n) is 2.20. The minimum Gasteiger partial charge on any atom is -0.461 e. The lowest BCUT2D eigenvalue weighted by Crippen LogP contribution is -2.17. The third kappa shape index (κ3) is 2.36. The highest BCUT2D eigenvalue weighted by molar-refractivity contribution is 5.78. The number of hydrogen-bond donors (Lipinski definition) is 0. The van der Waals surface area contributed by atoms with E-state index in [1.807, 2.05) is 44.2 Å². The Morgan fingerprint density at radius 2 is 2.00 bits per heavy atom. The Hall–Kier alpha value is -1.35. The second kappa shape index (κ2) is 4.03. The van der Waals surface area contributed by atoms with Gasteiger partial charge in [0, 0.05) is 0 Å². The van der Waals surface area contributed by atoms with Crippen LogP contribution in [0.5, 0.6) is 0 Å². The summed E-state index contributed by atoms with van der Waals surface area (Å²) in [7, 11) is 0. The molecule has 1 aliphatic rings. The molecule has 1 aromatic carbocycles. The zero-order valence-corrected chi connectivity index (χ0v) is 8.84. The van der Waals surface area contributed by atoms with E-state index in [9.17, 15) is 4.79 Å². The zero-order valence-electron chi connectivity index (χ0n) is 8.84. The maximum absolute atomic E-state index is 11.5. The number of carbonyl (C=O) groups excluding carboxylic acids is 1. The fourth-order valence-corrected chi connectivity index (χ4v) is 1.49. The molecule has 0 aromatic heterocycles. The number of carbonyl (C=O) groups is 1. The van der Waals surface area contributed by atoms with Gasteiger partial charge in [0.2, 0.25) is 0 Å². The second-order valence-electron chi connectivity index (χ2n) is 3.87. The van der Waals surface area contributed by atoms with Crippen LogP contribution in [0.3, 0.4) is 0 Å². The Morgan fingerprint density at radius 3 is 2.60 bits per heavy atom. The van der Waals surface area contributed by atoms with Crippen LogP contribution < -0.4 is 0 Å². The quantitative estimate of drug-likeness (QED) is 0.561. The van der Waals surface area contributed by atoms with Crippen LogP contribution in [0.4, 0.5) is 0 Å². The smallest absolute Gasteiger partial charge is 0.338 e. The van der Waals surface area contributed by atoms with Crippen LogP contribution in [0.25, 0.3) is 0 Å². The van der Waals surface area contributed by atoms with Crippen molar-refractivity contribution in [2.45, 2.75) is 32.2 Å². The highest BCUT2D eigenvalue weighted by Gasteiger charge is 2.47. The summed E-state index contributed by atoms with van der Waals surface area (Å²) in [6, 6.07) is 9.71. The van der Waals surface area contributed by atoms with E-state index >= 15 is 0 Å². The van der Waals surface area contributed by atoms with Crippen molar-refractivity contribution in [1.82, 2.24) is 0 Å². The summed E-state index contributed by atoms with van der Waals surface area (Å²) >= 11 is 0. The van der Waals surface area contributed by atoms with Gasteiger partial charge in [0.25, 0.3) is 0 Å². The largest absolute Gasteiger partial charge is 0.461 e. The Labute approximate surface area is 89.0 Å². The van der Waals surface area contributed by atoms with Crippen molar-refractivity contribution in [2.24, 2.45) is 0 Å². The molecule has 2 rings (SSSR count). The van der Waals surface area contributed by atoms with E-state index in [1.165, 1.54) is 0 Å². The van der Waals surface area contributed by atoms with E-state index in [-0.39, 0.29) is 18.2 Å². The first-order valence-electron chi connectivity index (χ1n) is 5.09. The number of epoxide rings is 1. The molecule has 0 saturated carbocycles. The van der Waals surface area contributed by atoms with Gasteiger partial charge in [0.1, 0.15) is 6.10 Å². The first kappa shape index (κ1) is 10.2. The van der Waals surface area contributed by atoms with Gasteiger partial charge in [-0.05, 0) is 19.4 Å². The van der Waals surface area contributed by atoms with Gasteiger partial charge in [-0.2, -0.15) is 0 Å². The van der Waals surface area contributed by atoms with Crippen LogP contribution >= 0.6 is 0 Å². The van der Waals surface area contributed by atoms with Gasteiger partial charge in [-0.15, -0.1) is 0 Å². The Bertz CT molecular complexity index is 345. The standard InChI is InChI=1S/C12H14O3/c1-8(2)14-12(13)11-10(15-11)9-6-4-3-5-7-9/h3-8,10-11H,1-2H3. The van der Waals surface area contributed by atoms with Crippen molar-refractivity contribution >= 4 is 5.97 Å². The van der Waals surface area contributed by atoms with E-state index in [4.69, 9.17) is 9.47 Å². The van der Waals surface area contributed by atoms with Crippen molar-refractivity contribution in [1.29, 1.82) is 0 Å². The van der Waals surface area contributed by atoms with E-state index in [2.05, 4.69) is 0 Å². The molecule has 1 fully saturated rings. The topological polar surface area (TPSA) is 38.8 Å². The van der Waals surface area contributed by atoms with Crippen LogP contribution in [-0.4, -0.2) is 18.2 Å². The number of esters is 1. The molecule has 0 aliphatic carbocycles. The second-order valence-corrected chi connectivity index (χ2v) is 3.87. The highest BCUT2D eigenvalue weighted by Crippen LogP contribution is 2.39. The fourth-order valence-electron chi connectivity index (χ4n) is 1.49. The minimum absolute atomic E-state index is 0.0851. The minimum atomic E-state index is -0.408. The van der Waals surface area contributed by atoms with E-state index in [0.29, 0.717) is 0 Å². The maximum atomic E-state index is 11.5. The molecular formula is C12H14O3. The molecule has 0 spiro atoms. The number of ether oxygens (including phenoxy) is 2. The molecule has 0 bridgehead atoms. The average molecular weight is 206 g/mol. The molecule has 1 heterocycles. The van der Waals surface area contributed by atoms with Crippen LogP contribution in [0, 0.1) is 0 Å². The van der Waals surface area contributed by atoms with E-state index < -0.39 is 6.10 Å². The van der Waals surface area contributed by atoms with Gasteiger partial charge in [0.15, 0.2) is 6.10 Å². The van der Waals surface area contributed by atoms with Crippen molar-refractivity contribution in [3.05, 3.63) is 35.9 Å². The summed E-state index contributed by atoms with van der Waals surface area (Å²) in [6.07, 6.45) is -0.606. The van der Waals surface area contributed by atoms with Crippen LogP contribution in [0.15, 0.2) is 30.3 Å². The molecule has 3 nitrogen and oxygen atoms in total. The summed E-state index contributed by atoms with van der Waals surface area (Å²) in [5.74, 6) is -0.265. The predicted octanol–water partition coefficient (Wildman–Crippen LogP) is 2.08. The van der Waals surface area contributed by atoms with Gasteiger partial charge in [-0.25, -0.2) is 4.79 Å². The van der Waals surface area contributed by atoms with Gasteiger partial charge in [0.05, 0.1) is 6.10 Å². The van der Waals surface area contributed by atoms with Crippen LogP contribution in [-0.2, 0) is 14.3 Å². The SMILES string of the molecule is CC(C)OC(=O)C1OC1c1ccccc1. The zero-order chi connectivity index (χ0) is 10.8. The molecule has 1 aromatic rings. The molecule has 2 unspecified atom stereocenters. The summed E-state index contributed by atoms with van der Waals surface area (Å²) < 4.78 is 10.4. The van der Waals surface area contributed by atoms with Crippen molar-refractivity contribution in [2.75, 3.05) is 0 Å². The first-order valence-corrected chi connectivity index (χ1v) is 5.09. The first-order chi connectivity index (χ1) is 7.18. The lowest BCUT2D eigenvalue weighted by molar-refractivity contribution is -0.148. The average Bonchev–Trinajstić information content (AvgIpc) is 2.97. The Kier molecular flexibility index (Phi) is 2.73. The van der Waals surface area contributed by atoms with Crippen LogP contribution in [0.1, 0.15) is 25.5 Å². The predicted molar refractivity (Wildman–Crippen MR) is 55.3 cm³/mol. The molecule has 80 valence electrons. The fraction of sp³-hybridized carbons (Fsp3) is 0.417. The number of rotatable bonds is 3. The normalized spacial score (nSPS) is 23.9. The molecule has 0 radical (unpaired) electrons. The molecule has 2 atom stereocenters.